The number of pyridine rings is 1. The summed E-state index contributed by atoms with van der Waals surface area (Å²) in [6, 6.07) is 5.79. The summed E-state index contributed by atoms with van der Waals surface area (Å²) in [6.45, 7) is 5.15. The van der Waals surface area contributed by atoms with Crippen molar-refractivity contribution in [3.63, 3.8) is 0 Å². The van der Waals surface area contributed by atoms with Gasteiger partial charge in [-0.3, -0.25) is 9.78 Å². The normalized spacial score (nSPS) is 17.8. The summed E-state index contributed by atoms with van der Waals surface area (Å²) in [5.41, 5.74) is 1.89. The van der Waals surface area contributed by atoms with Crippen LogP contribution >= 0.6 is 0 Å². The van der Waals surface area contributed by atoms with Crippen molar-refractivity contribution in [2.75, 3.05) is 18.4 Å². The summed E-state index contributed by atoms with van der Waals surface area (Å²) < 4.78 is 0. The van der Waals surface area contributed by atoms with Crippen LogP contribution in [0, 0.1) is 6.92 Å². The molecule has 3 heterocycles. The van der Waals surface area contributed by atoms with Gasteiger partial charge in [0.1, 0.15) is 11.6 Å². The van der Waals surface area contributed by atoms with Crippen LogP contribution in [0.3, 0.4) is 0 Å². The van der Waals surface area contributed by atoms with Crippen LogP contribution in [0.2, 0.25) is 0 Å². The van der Waals surface area contributed by atoms with Gasteiger partial charge in [-0.15, -0.1) is 0 Å². The van der Waals surface area contributed by atoms with Crippen LogP contribution in [-0.4, -0.2) is 38.8 Å². The lowest BCUT2D eigenvalue weighted by Crippen LogP contribution is -2.37. The quantitative estimate of drug-likeness (QED) is 0.943. The third-order valence-corrected chi connectivity index (χ3v) is 4.10. The molecule has 120 valence electrons. The summed E-state index contributed by atoms with van der Waals surface area (Å²) in [4.78, 5) is 26.8. The van der Waals surface area contributed by atoms with Crippen LogP contribution in [-0.2, 0) is 4.79 Å². The van der Waals surface area contributed by atoms with Crippen molar-refractivity contribution >= 4 is 17.5 Å². The van der Waals surface area contributed by atoms with E-state index in [0.29, 0.717) is 5.82 Å². The molecule has 6 heteroatoms. The van der Waals surface area contributed by atoms with Crippen molar-refractivity contribution in [1.29, 1.82) is 0 Å². The maximum Gasteiger partial charge on any atom is 0.219 e. The van der Waals surface area contributed by atoms with Gasteiger partial charge in [0.2, 0.25) is 5.91 Å². The standard InChI is InChI=1S/C17H21N5O/c1-12-5-3-7-16(20-12)21-17-10-18-15(9-19-17)14-6-4-8-22(11-14)13(2)23/h3,5,7,9-10,14H,4,6,8,11H2,1-2H3,(H,19,20,21). The first kappa shape index (κ1) is 15.4. The molecule has 1 fully saturated rings. The van der Waals surface area contributed by atoms with Gasteiger partial charge in [0.25, 0.3) is 0 Å². The number of aromatic nitrogens is 3. The van der Waals surface area contributed by atoms with Crippen LogP contribution in [0.15, 0.2) is 30.6 Å². The smallest absolute Gasteiger partial charge is 0.219 e. The van der Waals surface area contributed by atoms with E-state index < -0.39 is 0 Å². The summed E-state index contributed by atoms with van der Waals surface area (Å²) in [5.74, 6) is 1.83. The molecule has 2 aromatic rings. The van der Waals surface area contributed by atoms with Gasteiger partial charge in [-0.1, -0.05) is 6.07 Å². The van der Waals surface area contributed by atoms with Crippen LogP contribution in [0.1, 0.15) is 37.1 Å². The fraction of sp³-hybridized carbons (Fsp3) is 0.412. The Morgan fingerprint density at radius 1 is 1.26 bits per heavy atom. The van der Waals surface area contributed by atoms with Gasteiger partial charge >= 0.3 is 0 Å². The molecule has 1 saturated heterocycles. The zero-order chi connectivity index (χ0) is 16.2. The Kier molecular flexibility index (Phi) is 4.50. The third-order valence-electron chi connectivity index (χ3n) is 4.10. The molecule has 0 bridgehead atoms. The Bertz CT molecular complexity index is 686. The van der Waals surface area contributed by atoms with Crippen molar-refractivity contribution in [2.45, 2.75) is 32.6 Å². The van der Waals surface area contributed by atoms with Crippen molar-refractivity contribution < 1.29 is 4.79 Å². The van der Waals surface area contributed by atoms with Crippen LogP contribution < -0.4 is 5.32 Å². The first-order chi connectivity index (χ1) is 11.1. The highest BCUT2D eigenvalue weighted by atomic mass is 16.2. The van der Waals surface area contributed by atoms with Gasteiger partial charge < -0.3 is 10.2 Å². The van der Waals surface area contributed by atoms with E-state index in [1.54, 1.807) is 19.3 Å². The number of hydrogen-bond acceptors (Lipinski definition) is 5. The molecule has 0 spiro atoms. The second-order valence-electron chi connectivity index (χ2n) is 5.92. The van der Waals surface area contributed by atoms with Gasteiger partial charge in [-0.25, -0.2) is 9.97 Å². The number of aryl methyl sites for hydroxylation is 1. The summed E-state index contributed by atoms with van der Waals surface area (Å²) in [5, 5.41) is 3.15. The van der Waals surface area contributed by atoms with Gasteiger partial charge in [0, 0.05) is 31.6 Å². The molecular formula is C17H21N5O. The van der Waals surface area contributed by atoms with Crippen LogP contribution in [0.4, 0.5) is 11.6 Å². The highest BCUT2D eigenvalue weighted by Crippen LogP contribution is 2.25. The maximum atomic E-state index is 11.5. The largest absolute Gasteiger partial charge is 0.342 e. The topological polar surface area (TPSA) is 71.0 Å². The van der Waals surface area contributed by atoms with E-state index in [4.69, 9.17) is 0 Å². The molecule has 0 saturated carbocycles. The predicted octanol–water partition coefficient (Wildman–Crippen LogP) is 2.65. The summed E-state index contributed by atoms with van der Waals surface area (Å²) in [6.07, 6.45) is 5.59. The zero-order valence-corrected chi connectivity index (χ0v) is 13.5. The number of nitrogens with zero attached hydrogens (tertiary/aromatic N) is 4. The molecule has 1 unspecified atom stereocenters. The monoisotopic (exact) mass is 311 g/mol. The van der Waals surface area contributed by atoms with Gasteiger partial charge in [0.05, 0.1) is 18.1 Å². The number of hydrogen-bond donors (Lipinski definition) is 1. The Hall–Kier alpha value is -2.50. The van der Waals surface area contributed by atoms with E-state index in [1.807, 2.05) is 30.0 Å². The van der Waals surface area contributed by atoms with Crippen molar-refractivity contribution in [1.82, 2.24) is 19.9 Å². The number of carbonyl (C=O) groups is 1. The van der Waals surface area contributed by atoms with E-state index in [0.717, 1.165) is 43.1 Å². The number of likely N-dealkylation sites (tertiary alicyclic amines) is 1. The second-order valence-corrected chi connectivity index (χ2v) is 5.92. The van der Waals surface area contributed by atoms with Crippen LogP contribution in [0.25, 0.3) is 0 Å². The van der Waals surface area contributed by atoms with Gasteiger partial charge in [-0.05, 0) is 31.9 Å². The van der Waals surface area contributed by atoms with Gasteiger partial charge in [0.15, 0.2) is 0 Å². The van der Waals surface area contributed by atoms with Crippen molar-refractivity contribution in [3.05, 3.63) is 42.0 Å². The number of anilines is 2. The van der Waals surface area contributed by atoms with Crippen LogP contribution in [0.5, 0.6) is 0 Å². The number of carbonyl (C=O) groups excluding carboxylic acids is 1. The van der Waals surface area contributed by atoms with E-state index in [-0.39, 0.29) is 11.8 Å². The fourth-order valence-corrected chi connectivity index (χ4v) is 2.86. The first-order valence-electron chi connectivity index (χ1n) is 7.90. The molecule has 1 N–H and O–H groups in total. The molecule has 0 radical (unpaired) electrons. The Morgan fingerprint density at radius 3 is 2.83 bits per heavy atom. The lowest BCUT2D eigenvalue weighted by Gasteiger charge is -2.31. The number of amides is 1. The van der Waals surface area contributed by atoms with E-state index in [9.17, 15) is 4.79 Å². The summed E-state index contributed by atoms with van der Waals surface area (Å²) >= 11 is 0. The van der Waals surface area contributed by atoms with Crippen molar-refractivity contribution in [3.8, 4) is 0 Å². The zero-order valence-electron chi connectivity index (χ0n) is 13.5. The van der Waals surface area contributed by atoms with Gasteiger partial charge in [-0.2, -0.15) is 0 Å². The number of piperidine rings is 1. The lowest BCUT2D eigenvalue weighted by atomic mass is 9.95. The highest BCUT2D eigenvalue weighted by Gasteiger charge is 2.23. The molecule has 1 amide bonds. The number of rotatable bonds is 3. The molecule has 6 nitrogen and oxygen atoms in total. The minimum Gasteiger partial charge on any atom is -0.342 e. The molecule has 0 aliphatic carbocycles. The maximum absolute atomic E-state index is 11.5. The minimum atomic E-state index is 0.131. The van der Waals surface area contributed by atoms with E-state index >= 15 is 0 Å². The molecule has 1 aliphatic heterocycles. The molecule has 23 heavy (non-hydrogen) atoms. The number of nitrogens with one attached hydrogen (secondary N) is 1. The molecule has 0 aromatic carbocycles. The minimum absolute atomic E-state index is 0.131. The SMILES string of the molecule is CC(=O)N1CCCC(c2cnc(Nc3cccc(C)n3)cn2)C1. The predicted molar refractivity (Wildman–Crippen MR) is 88.5 cm³/mol. The molecule has 1 aliphatic rings. The first-order valence-corrected chi connectivity index (χ1v) is 7.90. The summed E-state index contributed by atoms with van der Waals surface area (Å²) in [7, 11) is 0. The highest BCUT2D eigenvalue weighted by molar-refractivity contribution is 5.73. The Balaban J connectivity index is 1.68. The fourth-order valence-electron chi connectivity index (χ4n) is 2.86. The average Bonchev–Trinajstić information content (AvgIpc) is 2.56. The average molecular weight is 311 g/mol. The lowest BCUT2D eigenvalue weighted by molar-refractivity contribution is -0.130. The third kappa shape index (κ3) is 3.83. The Morgan fingerprint density at radius 2 is 2.13 bits per heavy atom. The molecule has 3 rings (SSSR count). The molecular weight excluding hydrogens is 290 g/mol. The Labute approximate surface area is 136 Å². The second kappa shape index (κ2) is 6.73. The van der Waals surface area contributed by atoms with E-state index in [1.165, 1.54) is 0 Å². The molecule has 2 aromatic heterocycles. The van der Waals surface area contributed by atoms with E-state index in [2.05, 4.69) is 20.3 Å². The molecule has 1 atom stereocenters. The van der Waals surface area contributed by atoms with Crippen molar-refractivity contribution in [2.24, 2.45) is 0 Å².